The molecule has 0 fully saturated rings. The summed E-state index contributed by atoms with van der Waals surface area (Å²) in [5.74, 6) is 0. The summed E-state index contributed by atoms with van der Waals surface area (Å²) >= 11 is 0. The fraction of sp³-hybridized carbons (Fsp3) is 0.200. The number of aromatic nitrogens is 1. The first-order chi connectivity index (χ1) is 9.13. The fourth-order valence-electron chi connectivity index (χ4n) is 1.87. The zero-order valence-electron chi connectivity index (χ0n) is 11.0. The second-order valence-electron chi connectivity index (χ2n) is 4.42. The molecule has 0 saturated carbocycles. The van der Waals surface area contributed by atoms with Crippen molar-refractivity contribution in [1.82, 2.24) is 4.98 Å². The van der Waals surface area contributed by atoms with E-state index in [1.54, 1.807) is 12.3 Å². The first kappa shape index (κ1) is 13.1. The van der Waals surface area contributed by atoms with Crippen molar-refractivity contribution in [3.63, 3.8) is 0 Å². The van der Waals surface area contributed by atoms with E-state index in [1.165, 1.54) is 0 Å². The third-order valence-electron chi connectivity index (χ3n) is 3.01. The number of anilines is 2. The van der Waals surface area contributed by atoms with E-state index in [9.17, 15) is 0 Å². The van der Waals surface area contributed by atoms with Gasteiger partial charge in [0.25, 0.3) is 0 Å². The van der Waals surface area contributed by atoms with E-state index in [0.717, 1.165) is 17.1 Å². The SMILES string of the molecule is CC(N)c1ccc(N(C)c2ccccc2C#N)cn1. The summed E-state index contributed by atoms with van der Waals surface area (Å²) in [6, 6.07) is 13.5. The van der Waals surface area contributed by atoms with E-state index in [4.69, 9.17) is 11.0 Å². The van der Waals surface area contributed by atoms with E-state index >= 15 is 0 Å². The van der Waals surface area contributed by atoms with Gasteiger partial charge in [0.1, 0.15) is 6.07 Å². The molecule has 1 heterocycles. The van der Waals surface area contributed by atoms with Gasteiger partial charge < -0.3 is 10.6 Å². The molecule has 1 atom stereocenters. The van der Waals surface area contributed by atoms with Crippen LogP contribution >= 0.6 is 0 Å². The molecule has 4 heteroatoms. The quantitative estimate of drug-likeness (QED) is 0.912. The minimum Gasteiger partial charge on any atom is -0.342 e. The molecule has 0 aliphatic heterocycles. The van der Waals surface area contributed by atoms with Gasteiger partial charge >= 0.3 is 0 Å². The lowest BCUT2D eigenvalue weighted by Crippen LogP contribution is -2.12. The number of pyridine rings is 1. The molecule has 0 spiro atoms. The van der Waals surface area contributed by atoms with Crippen molar-refractivity contribution < 1.29 is 0 Å². The Morgan fingerprint density at radius 1 is 1.26 bits per heavy atom. The van der Waals surface area contributed by atoms with Crippen LogP contribution in [-0.2, 0) is 0 Å². The molecule has 4 nitrogen and oxygen atoms in total. The molecular formula is C15H16N4. The molecule has 0 aliphatic carbocycles. The monoisotopic (exact) mass is 252 g/mol. The first-order valence-electron chi connectivity index (χ1n) is 6.08. The number of nitrogens with two attached hydrogens (primary N) is 1. The van der Waals surface area contributed by atoms with Crippen LogP contribution in [0.3, 0.4) is 0 Å². The molecule has 2 aromatic rings. The van der Waals surface area contributed by atoms with Crippen LogP contribution in [0.25, 0.3) is 0 Å². The summed E-state index contributed by atoms with van der Waals surface area (Å²) in [5.41, 5.74) is 9.05. The molecule has 0 bridgehead atoms. The second-order valence-corrected chi connectivity index (χ2v) is 4.42. The van der Waals surface area contributed by atoms with Crippen LogP contribution in [0, 0.1) is 11.3 Å². The molecule has 0 radical (unpaired) electrons. The van der Waals surface area contributed by atoms with Crippen molar-refractivity contribution in [2.75, 3.05) is 11.9 Å². The van der Waals surface area contributed by atoms with Crippen molar-refractivity contribution in [3.8, 4) is 6.07 Å². The summed E-state index contributed by atoms with van der Waals surface area (Å²) in [4.78, 5) is 6.27. The molecule has 19 heavy (non-hydrogen) atoms. The average Bonchev–Trinajstić information content (AvgIpc) is 2.46. The van der Waals surface area contributed by atoms with Crippen molar-refractivity contribution in [2.45, 2.75) is 13.0 Å². The minimum absolute atomic E-state index is 0.0780. The smallest absolute Gasteiger partial charge is 0.101 e. The van der Waals surface area contributed by atoms with E-state index in [2.05, 4.69) is 11.1 Å². The third-order valence-corrected chi connectivity index (χ3v) is 3.01. The predicted molar refractivity (Wildman–Crippen MR) is 76.1 cm³/mol. The second kappa shape index (κ2) is 5.51. The number of nitrogens with zero attached hydrogens (tertiary/aromatic N) is 3. The number of benzene rings is 1. The van der Waals surface area contributed by atoms with Gasteiger partial charge in [0.15, 0.2) is 0 Å². The Balaban J connectivity index is 2.34. The highest BCUT2D eigenvalue weighted by molar-refractivity contribution is 5.68. The van der Waals surface area contributed by atoms with Crippen molar-refractivity contribution >= 4 is 11.4 Å². The molecule has 0 amide bonds. The van der Waals surface area contributed by atoms with Gasteiger partial charge in [0.2, 0.25) is 0 Å². The lowest BCUT2D eigenvalue weighted by Gasteiger charge is -2.20. The molecule has 1 unspecified atom stereocenters. The molecule has 2 rings (SSSR count). The van der Waals surface area contributed by atoms with Gasteiger partial charge in [0, 0.05) is 13.1 Å². The van der Waals surface area contributed by atoms with Crippen molar-refractivity contribution in [2.24, 2.45) is 5.73 Å². The topological polar surface area (TPSA) is 65.9 Å². The maximum absolute atomic E-state index is 9.12. The Morgan fingerprint density at radius 2 is 2.00 bits per heavy atom. The maximum Gasteiger partial charge on any atom is 0.101 e. The normalized spacial score (nSPS) is 11.7. The van der Waals surface area contributed by atoms with Crippen LogP contribution in [0.2, 0.25) is 0 Å². The van der Waals surface area contributed by atoms with E-state index in [1.807, 2.05) is 49.2 Å². The number of para-hydroxylation sites is 1. The van der Waals surface area contributed by atoms with Gasteiger partial charge in [-0.1, -0.05) is 12.1 Å². The Morgan fingerprint density at radius 3 is 2.58 bits per heavy atom. The van der Waals surface area contributed by atoms with Crippen LogP contribution in [0.1, 0.15) is 24.2 Å². The molecular weight excluding hydrogens is 236 g/mol. The summed E-state index contributed by atoms with van der Waals surface area (Å²) in [6.07, 6.45) is 1.77. The van der Waals surface area contributed by atoms with Gasteiger partial charge in [-0.05, 0) is 31.2 Å². The van der Waals surface area contributed by atoms with E-state index < -0.39 is 0 Å². The van der Waals surface area contributed by atoms with E-state index in [-0.39, 0.29) is 6.04 Å². The van der Waals surface area contributed by atoms with Gasteiger partial charge in [0.05, 0.1) is 28.8 Å². The molecule has 1 aromatic carbocycles. The Bertz CT molecular complexity index is 596. The third kappa shape index (κ3) is 2.72. The zero-order chi connectivity index (χ0) is 13.8. The van der Waals surface area contributed by atoms with Crippen molar-refractivity contribution in [1.29, 1.82) is 5.26 Å². The highest BCUT2D eigenvalue weighted by Crippen LogP contribution is 2.26. The van der Waals surface area contributed by atoms with Crippen LogP contribution in [0.4, 0.5) is 11.4 Å². The largest absolute Gasteiger partial charge is 0.342 e. The fourth-order valence-corrected chi connectivity index (χ4v) is 1.87. The lowest BCUT2D eigenvalue weighted by atomic mass is 10.1. The molecule has 2 N–H and O–H groups in total. The molecule has 0 aliphatic rings. The average molecular weight is 252 g/mol. The molecule has 1 aromatic heterocycles. The Labute approximate surface area is 113 Å². The van der Waals surface area contributed by atoms with Gasteiger partial charge in [-0.15, -0.1) is 0 Å². The maximum atomic E-state index is 9.12. The first-order valence-corrected chi connectivity index (χ1v) is 6.08. The van der Waals surface area contributed by atoms with E-state index in [0.29, 0.717) is 5.56 Å². The number of rotatable bonds is 3. The summed E-state index contributed by atoms with van der Waals surface area (Å²) in [7, 11) is 1.92. The van der Waals surface area contributed by atoms with Crippen LogP contribution in [-0.4, -0.2) is 12.0 Å². The Kier molecular flexibility index (Phi) is 3.79. The van der Waals surface area contributed by atoms with Gasteiger partial charge in [-0.3, -0.25) is 4.98 Å². The Hall–Kier alpha value is -2.38. The summed E-state index contributed by atoms with van der Waals surface area (Å²) in [6.45, 7) is 1.90. The molecule has 96 valence electrons. The predicted octanol–water partition coefficient (Wildman–Crippen LogP) is 2.74. The summed E-state index contributed by atoms with van der Waals surface area (Å²) in [5, 5.41) is 9.12. The standard InChI is InChI=1S/C15H16N4/c1-11(17)14-8-7-13(10-18-14)19(2)15-6-4-3-5-12(15)9-16/h3-8,10-11H,17H2,1-2H3. The number of hydrogen-bond donors (Lipinski definition) is 1. The molecule has 0 saturated heterocycles. The van der Waals surface area contributed by atoms with Crippen LogP contribution < -0.4 is 10.6 Å². The highest BCUT2D eigenvalue weighted by atomic mass is 15.1. The van der Waals surface area contributed by atoms with Crippen LogP contribution in [0.15, 0.2) is 42.6 Å². The van der Waals surface area contributed by atoms with Gasteiger partial charge in [-0.25, -0.2) is 0 Å². The summed E-state index contributed by atoms with van der Waals surface area (Å²) < 4.78 is 0. The lowest BCUT2D eigenvalue weighted by molar-refractivity contribution is 0.781. The highest BCUT2D eigenvalue weighted by Gasteiger charge is 2.09. The van der Waals surface area contributed by atoms with Gasteiger partial charge in [-0.2, -0.15) is 5.26 Å². The van der Waals surface area contributed by atoms with Crippen molar-refractivity contribution in [3.05, 3.63) is 53.9 Å². The number of hydrogen-bond acceptors (Lipinski definition) is 4. The van der Waals surface area contributed by atoms with Crippen LogP contribution in [0.5, 0.6) is 0 Å². The number of nitriles is 1. The minimum atomic E-state index is -0.0780. The zero-order valence-corrected chi connectivity index (χ0v) is 11.0.